The molecule has 1 aliphatic heterocycles. The third-order valence-electron chi connectivity index (χ3n) is 1.74. The second kappa shape index (κ2) is 2.34. The number of nitrogen functional groups attached to an aromatic ring is 1. The van der Waals surface area contributed by atoms with E-state index in [-0.39, 0.29) is 5.95 Å². The first-order valence-corrected chi connectivity index (χ1v) is 3.84. The Balaban J connectivity index is 2.45. The molecule has 3 heterocycles. The molecule has 2 aromatic rings. The second-order valence-corrected chi connectivity index (χ2v) is 2.62. The van der Waals surface area contributed by atoms with E-state index < -0.39 is 0 Å². The van der Waals surface area contributed by atoms with Crippen LogP contribution in [0, 0.1) is 0 Å². The summed E-state index contributed by atoms with van der Waals surface area (Å²) in [5.41, 5.74) is 5.48. The van der Waals surface area contributed by atoms with Gasteiger partial charge in [-0.25, -0.2) is 4.40 Å². The van der Waals surface area contributed by atoms with Crippen LogP contribution in [0.4, 0.5) is 17.8 Å². The molecule has 0 fully saturated rings. The summed E-state index contributed by atoms with van der Waals surface area (Å²) in [6.07, 6.45) is 0. The Morgan fingerprint density at radius 2 is 2.21 bits per heavy atom. The number of anilines is 2. The molecule has 0 spiro atoms. The van der Waals surface area contributed by atoms with Crippen LogP contribution < -0.4 is 11.1 Å². The Morgan fingerprint density at radius 3 is 3.14 bits per heavy atom. The van der Waals surface area contributed by atoms with Gasteiger partial charge in [0, 0.05) is 0 Å². The third-order valence-corrected chi connectivity index (χ3v) is 1.74. The molecule has 3 rings (SSSR count). The van der Waals surface area contributed by atoms with E-state index in [4.69, 9.17) is 5.73 Å². The van der Waals surface area contributed by atoms with Crippen molar-refractivity contribution in [2.75, 3.05) is 17.7 Å². The van der Waals surface area contributed by atoms with Crippen LogP contribution in [0.2, 0.25) is 0 Å². The number of hydrogen-bond donors (Lipinski definition) is 2. The lowest BCUT2D eigenvalue weighted by Crippen LogP contribution is -2.08. The molecule has 0 aliphatic carbocycles. The lowest BCUT2D eigenvalue weighted by molar-refractivity contribution is 0.980. The standard InChI is InChI=1S/C5H5N9/c6-2-9-3-7-1-8-11-5-13-12-4(10-2)14(3)5/h1H2,(H3,6,7,9,10,12). The number of rotatable bonds is 0. The van der Waals surface area contributed by atoms with Crippen LogP contribution in [0.5, 0.6) is 0 Å². The summed E-state index contributed by atoms with van der Waals surface area (Å²) in [5, 5.41) is 18.1. The van der Waals surface area contributed by atoms with Crippen molar-refractivity contribution in [2.45, 2.75) is 0 Å². The molecule has 0 amide bonds. The van der Waals surface area contributed by atoms with Crippen molar-refractivity contribution in [1.29, 1.82) is 0 Å². The summed E-state index contributed by atoms with van der Waals surface area (Å²) in [7, 11) is 0. The molecular formula is C5H5N9. The average molecular weight is 191 g/mol. The fraction of sp³-hybridized carbons (Fsp3) is 0.200. The number of aromatic nitrogens is 5. The minimum Gasteiger partial charge on any atom is -0.368 e. The van der Waals surface area contributed by atoms with Gasteiger partial charge in [-0.2, -0.15) is 15.1 Å². The molecule has 0 saturated carbocycles. The van der Waals surface area contributed by atoms with Gasteiger partial charge in [-0.1, -0.05) is 0 Å². The van der Waals surface area contributed by atoms with Gasteiger partial charge in [-0.3, -0.25) is 0 Å². The summed E-state index contributed by atoms with van der Waals surface area (Å²) >= 11 is 0. The van der Waals surface area contributed by atoms with Crippen molar-refractivity contribution >= 4 is 23.6 Å². The van der Waals surface area contributed by atoms with Crippen LogP contribution in [-0.2, 0) is 0 Å². The Morgan fingerprint density at radius 1 is 1.29 bits per heavy atom. The van der Waals surface area contributed by atoms with Crippen molar-refractivity contribution < 1.29 is 0 Å². The molecule has 1 aliphatic rings. The van der Waals surface area contributed by atoms with Gasteiger partial charge in [0.05, 0.1) is 0 Å². The van der Waals surface area contributed by atoms with Crippen molar-refractivity contribution in [3.8, 4) is 0 Å². The van der Waals surface area contributed by atoms with Gasteiger partial charge in [0.1, 0.15) is 6.67 Å². The number of hydrogen-bond acceptors (Lipinski definition) is 8. The van der Waals surface area contributed by atoms with Gasteiger partial charge >= 0.3 is 0 Å². The van der Waals surface area contributed by atoms with Crippen molar-refractivity contribution in [2.24, 2.45) is 10.2 Å². The molecule has 0 saturated heterocycles. The zero-order chi connectivity index (χ0) is 9.54. The first-order chi connectivity index (χ1) is 6.84. The maximum atomic E-state index is 5.48. The number of azo groups is 1. The minimum absolute atomic E-state index is 0.140. The SMILES string of the molecule is Nc1nc2n3c(nnc3n1)N=NCN2. The van der Waals surface area contributed by atoms with Crippen LogP contribution in [0.25, 0.3) is 5.78 Å². The Labute approximate surface area is 77.1 Å². The predicted octanol–water partition coefficient (Wildman–Crippen LogP) is -0.432. The smallest absolute Gasteiger partial charge is 0.278 e. The molecule has 9 heteroatoms. The fourth-order valence-corrected chi connectivity index (χ4v) is 1.20. The van der Waals surface area contributed by atoms with Gasteiger partial charge in [0.2, 0.25) is 11.9 Å². The lowest BCUT2D eigenvalue weighted by Gasteiger charge is -2.02. The van der Waals surface area contributed by atoms with Crippen molar-refractivity contribution in [3.05, 3.63) is 0 Å². The van der Waals surface area contributed by atoms with E-state index in [1.807, 2.05) is 0 Å². The molecule has 14 heavy (non-hydrogen) atoms. The maximum Gasteiger partial charge on any atom is 0.278 e. The molecule has 2 aromatic heterocycles. The van der Waals surface area contributed by atoms with Gasteiger partial charge in [-0.15, -0.1) is 15.3 Å². The van der Waals surface area contributed by atoms with E-state index in [2.05, 4.69) is 35.7 Å². The van der Waals surface area contributed by atoms with Gasteiger partial charge in [0.25, 0.3) is 11.7 Å². The first kappa shape index (κ1) is 7.12. The molecule has 9 nitrogen and oxygen atoms in total. The highest BCUT2D eigenvalue weighted by Crippen LogP contribution is 2.18. The highest BCUT2D eigenvalue weighted by atomic mass is 15.4. The molecular weight excluding hydrogens is 186 g/mol. The second-order valence-electron chi connectivity index (χ2n) is 2.62. The molecule has 70 valence electrons. The molecule has 0 unspecified atom stereocenters. The maximum absolute atomic E-state index is 5.48. The van der Waals surface area contributed by atoms with Crippen LogP contribution in [0.1, 0.15) is 0 Å². The zero-order valence-corrected chi connectivity index (χ0v) is 6.91. The Kier molecular flexibility index (Phi) is 1.19. The summed E-state index contributed by atoms with van der Waals surface area (Å²) in [5.74, 6) is 1.34. The van der Waals surface area contributed by atoms with Crippen molar-refractivity contribution in [1.82, 2.24) is 24.6 Å². The lowest BCUT2D eigenvalue weighted by atomic mass is 10.8. The van der Waals surface area contributed by atoms with E-state index in [9.17, 15) is 0 Å². The minimum atomic E-state index is 0.140. The molecule has 0 bridgehead atoms. The monoisotopic (exact) mass is 191 g/mol. The Bertz CT molecular complexity index is 525. The first-order valence-electron chi connectivity index (χ1n) is 3.84. The summed E-state index contributed by atoms with van der Waals surface area (Å²) < 4.78 is 1.55. The van der Waals surface area contributed by atoms with E-state index in [0.29, 0.717) is 24.3 Å². The normalized spacial score (nSPS) is 14.0. The summed E-state index contributed by atoms with van der Waals surface area (Å²) in [6.45, 7) is 0.328. The van der Waals surface area contributed by atoms with Crippen LogP contribution in [0.3, 0.4) is 0 Å². The van der Waals surface area contributed by atoms with Crippen LogP contribution in [-0.4, -0.2) is 31.2 Å². The van der Waals surface area contributed by atoms with E-state index in [1.54, 1.807) is 4.40 Å². The number of nitrogens with one attached hydrogen (secondary N) is 1. The van der Waals surface area contributed by atoms with E-state index in [1.165, 1.54) is 0 Å². The average Bonchev–Trinajstić information content (AvgIpc) is 2.43. The molecule has 0 aromatic carbocycles. The van der Waals surface area contributed by atoms with Gasteiger partial charge in [-0.05, 0) is 0 Å². The fourth-order valence-electron chi connectivity index (χ4n) is 1.20. The van der Waals surface area contributed by atoms with Gasteiger partial charge < -0.3 is 11.1 Å². The predicted molar refractivity (Wildman–Crippen MR) is 46.0 cm³/mol. The highest BCUT2D eigenvalue weighted by molar-refractivity contribution is 5.49. The largest absolute Gasteiger partial charge is 0.368 e. The summed E-state index contributed by atoms with van der Waals surface area (Å²) in [4.78, 5) is 7.88. The van der Waals surface area contributed by atoms with E-state index in [0.717, 1.165) is 0 Å². The molecule has 0 atom stereocenters. The topological polar surface area (TPSA) is 119 Å². The van der Waals surface area contributed by atoms with Crippen LogP contribution >= 0.6 is 0 Å². The number of nitrogens with zero attached hydrogens (tertiary/aromatic N) is 7. The highest BCUT2D eigenvalue weighted by Gasteiger charge is 2.14. The quantitative estimate of drug-likeness (QED) is 0.583. The van der Waals surface area contributed by atoms with Crippen LogP contribution in [0.15, 0.2) is 10.2 Å². The Hall–Kier alpha value is -2.32. The third kappa shape index (κ3) is 0.828. The van der Waals surface area contributed by atoms with Gasteiger partial charge in [0.15, 0.2) is 0 Å². The number of nitrogens with two attached hydrogens (primary N) is 1. The molecule has 0 radical (unpaired) electrons. The summed E-state index contributed by atoms with van der Waals surface area (Å²) in [6, 6.07) is 0. The zero-order valence-electron chi connectivity index (χ0n) is 6.91. The van der Waals surface area contributed by atoms with E-state index >= 15 is 0 Å². The molecule has 3 N–H and O–H groups in total. The van der Waals surface area contributed by atoms with Crippen molar-refractivity contribution in [3.63, 3.8) is 0 Å².